The van der Waals surface area contributed by atoms with Crippen molar-refractivity contribution in [3.05, 3.63) is 99.5 Å². The fraction of sp³-hybridized carbons (Fsp3) is 0.321. The molecule has 1 fully saturated rings. The number of fused-ring (bicyclic) bond motifs is 1. The van der Waals surface area contributed by atoms with E-state index in [2.05, 4.69) is 27.3 Å². The van der Waals surface area contributed by atoms with Crippen molar-refractivity contribution in [1.29, 1.82) is 0 Å². The zero-order valence-electron chi connectivity index (χ0n) is 20.1. The number of piperidine rings is 1. The van der Waals surface area contributed by atoms with Crippen molar-refractivity contribution in [2.75, 3.05) is 13.1 Å². The first-order valence-electron chi connectivity index (χ1n) is 12.1. The van der Waals surface area contributed by atoms with Crippen molar-refractivity contribution >= 4 is 16.7 Å². The molecule has 7 heteroatoms. The van der Waals surface area contributed by atoms with Gasteiger partial charge in [-0.3, -0.25) is 9.59 Å². The van der Waals surface area contributed by atoms with Crippen molar-refractivity contribution < 1.29 is 4.79 Å². The van der Waals surface area contributed by atoms with Crippen molar-refractivity contribution in [3.8, 4) is 0 Å². The molecule has 4 aromatic rings. The Morgan fingerprint density at radius 2 is 1.86 bits per heavy atom. The molecule has 1 amide bonds. The molecule has 0 unspecified atom stereocenters. The molecule has 0 spiro atoms. The molecule has 3 heterocycles. The van der Waals surface area contributed by atoms with E-state index in [1.807, 2.05) is 61.3 Å². The lowest BCUT2D eigenvalue weighted by atomic mass is 9.89. The summed E-state index contributed by atoms with van der Waals surface area (Å²) in [5, 5.41) is 8.10. The third kappa shape index (κ3) is 4.71. The molecule has 0 aliphatic carbocycles. The van der Waals surface area contributed by atoms with Crippen LogP contribution in [0, 0.1) is 6.92 Å². The van der Waals surface area contributed by atoms with Crippen LogP contribution in [-0.4, -0.2) is 44.1 Å². The molecule has 0 saturated carbocycles. The number of hydrogen-bond acceptors (Lipinski definition) is 5. The molecule has 35 heavy (non-hydrogen) atoms. The number of nitrogens with zero attached hydrogens (tertiary/aromatic N) is 4. The summed E-state index contributed by atoms with van der Waals surface area (Å²) in [6, 6.07) is 17.6. The van der Waals surface area contributed by atoms with Gasteiger partial charge in [0.05, 0.1) is 22.7 Å². The zero-order chi connectivity index (χ0) is 24.4. The first-order valence-corrected chi connectivity index (χ1v) is 12.1. The van der Waals surface area contributed by atoms with Crippen LogP contribution in [0.5, 0.6) is 0 Å². The minimum atomic E-state index is -0.466. The number of aromatic amines is 1. The minimum Gasteiger partial charge on any atom is -0.341 e. The Hall–Kier alpha value is -3.87. The number of H-pyrrole nitrogens is 1. The van der Waals surface area contributed by atoms with Gasteiger partial charge in [0.1, 0.15) is 5.82 Å². The van der Waals surface area contributed by atoms with Crippen molar-refractivity contribution in [2.45, 2.75) is 44.9 Å². The Morgan fingerprint density at radius 3 is 2.66 bits per heavy atom. The van der Waals surface area contributed by atoms with Crippen LogP contribution in [0.2, 0.25) is 0 Å². The second-order valence-corrected chi connectivity index (χ2v) is 9.32. The summed E-state index contributed by atoms with van der Waals surface area (Å²) in [7, 11) is 0. The molecular formula is C28H29N5O2. The van der Waals surface area contributed by atoms with E-state index >= 15 is 0 Å². The summed E-state index contributed by atoms with van der Waals surface area (Å²) in [6.45, 7) is 5.10. The zero-order valence-corrected chi connectivity index (χ0v) is 20.1. The highest BCUT2D eigenvalue weighted by Crippen LogP contribution is 2.31. The van der Waals surface area contributed by atoms with Crippen LogP contribution in [0.3, 0.4) is 0 Å². The van der Waals surface area contributed by atoms with Crippen LogP contribution in [0.4, 0.5) is 0 Å². The van der Waals surface area contributed by atoms with Gasteiger partial charge in [0.15, 0.2) is 0 Å². The standard InChI is InChI=1S/C28H29N5O2/c1-18(25-23-12-6-7-13-24(23)27(34)32-31-25)28(35)33-14-8-11-21(17-33)26-22(16-29-19(2)30-26)15-20-9-4-3-5-10-20/h3-7,9-10,12-13,16,18,21H,8,11,14-15,17H2,1-2H3,(H,32,34)/t18-,21+/m0/s1. The van der Waals surface area contributed by atoms with Gasteiger partial charge in [-0.25, -0.2) is 15.1 Å². The number of amides is 1. The summed E-state index contributed by atoms with van der Waals surface area (Å²) < 4.78 is 0. The van der Waals surface area contributed by atoms with Gasteiger partial charge in [0, 0.05) is 37.0 Å². The van der Waals surface area contributed by atoms with Crippen molar-refractivity contribution in [1.82, 2.24) is 25.1 Å². The predicted molar refractivity (Wildman–Crippen MR) is 135 cm³/mol. The second-order valence-electron chi connectivity index (χ2n) is 9.32. The van der Waals surface area contributed by atoms with Crippen molar-refractivity contribution in [3.63, 3.8) is 0 Å². The van der Waals surface area contributed by atoms with Crippen LogP contribution in [-0.2, 0) is 11.2 Å². The average Bonchev–Trinajstić information content (AvgIpc) is 2.90. The Labute approximate surface area is 204 Å². The van der Waals surface area contributed by atoms with E-state index in [1.54, 1.807) is 6.07 Å². The molecule has 2 aromatic carbocycles. The highest BCUT2D eigenvalue weighted by Gasteiger charge is 2.31. The van der Waals surface area contributed by atoms with E-state index in [-0.39, 0.29) is 17.4 Å². The molecule has 2 atom stereocenters. The molecule has 0 bridgehead atoms. The monoisotopic (exact) mass is 467 g/mol. The van der Waals surface area contributed by atoms with Gasteiger partial charge < -0.3 is 4.90 Å². The SMILES string of the molecule is Cc1ncc(Cc2ccccc2)c([C@@H]2CCCN(C(=O)[C@@H](C)c3n[nH]c(=O)c4ccccc34)C2)n1. The van der Waals surface area contributed by atoms with Crippen LogP contribution in [0.1, 0.15) is 59.9 Å². The summed E-state index contributed by atoms with van der Waals surface area (Å²) in [5.74, 6) is 0.458. The maximum absolute atomic E-state index is 13.6. The number of aromatic nitrogens is 4. The number of benzene rings is 2. The topological polar surface area (TPSA) is 91.8 Å². The number of nitrogens with one attached hydrogen (secondary N) is 1. The quantitative estimate of drug-likeness (QED) is 0.477. The molecule has 1 aliphatic heterocycles. The number of aryl methyl sites for hydroxylation is 1. The fourth-order valence-corrected chi connectivity index (χ4v) is 5.08. The van der Waals surface area contributed by atoms with Gasteiger partial charge in [0.2, 0.25) is 5.91 Å². The number of carbonyl (C=O) groups is 1. The maximum Gasteiger partial charge on any atom is 0.272 e. The van der Waals surface area contributed by atoms with E-state index in [4.69, 9.17) is 4.98 Å². The van der Waals surface area contributed by atoms with Gasteiger partial charge in [-0.15, -0.1) is 0 Å². The highest BCUT2D eigenvalue weighted by atomic mass is 16.2. The minimum absolute atomic E-state index is 0.0230. The maximum atomic E-state index is 13.6. The lowest BCUT2D eigenvalue weighted by Crippen LogP contribution is -2.42. The predicted octanol–water partition coefficient (Wildman–Crippen LogP) is 4.12. The summed E-state index contributed by atoms with van der Waals surface area (Å²) in [5.41, 5.74) is 3.73. The summed E-state index contributed by atoms with van der Waals surface area (Å²) >= 11 is 0. The molecular weight excluding hydrogens is 438 g/mol. The Kier molecular flexibility index (Phi) is 6.40. The fourth-order valence-electron chi connectivity index (χ4n) is 5.08. The Balaban J connectivity index is 1.40. The van der Waals surface area contributed by atoms with E-state index in [9.17, 15) is 9.59 Å². The Bertz CT molecular complexity index is 1420. The molecule has 5 rings (SSSR count). The average molecular weight is 468 g/mol. The summed E-state index contributed by atoms with van der Waals surface area (Å²) in [6.07, 6.45) is 4.60. The second kappa shape index (κ2) is 9.78. The third-order valence-corrected chi connectivity index (χ3v) is 6.88. The molecule has 7 nitrogen and oxygen atoms in total. The third-order valence-electron chi connectivity index (χ3n) is 6.88. The van der Waals surface area contributed by atoms with Gasteiger partial charge in [-0.2, -0.15) is 5.10 Å². The normalized spacial score (nSPS) is 16.9. The van der Waals surface area contributed by atoms with E-state index < -0.39 is 5.92 Å². The van der Waals surface area contributed by atoms with Crippen LogP contribution >= 0.6 is 0 Å². The van der Waals surface area contributed by atoms with E-state index in [0.29, 0.717) is 24.2 Å². The molecule has 1 aliphatic rings. The number of hydrogen-bond donors (Lipinski definition) is 1. The lowest BCUT2D eigenvalue weighted by molar-refractivity contribution is -0.133. The molecule has 1 N–H and O–H groups in total. The number of likely N-dealkylation sites (tertiary alicyclic amines) is 1. The highest BCUT2D eigenvalue weighted by molar-refractivity contribution is 5.91. The van der Waals surface area contributed by atoms with Gasteiger partial charge >= 0.3 is 0 Å². The number of carbonyl (C=O) groups excluding carboxylic acids is 1. The number of rotatable bonds is 5. The largest absolute Gasteiger partial charge is 0.341 e. The first kappa shape index (κ1) is 22.9. The van der Waals surface area contributed by atoms with Gasteiger partial charge in [0.25, 0.3) is 5.56 Å². The van der Waals surface area contributed by atoms with E-state index in [1.165, 1.54) is 5.56 Å². The van der Waals surface area contributed by atoms with Gasteiger partial charge in [-0.05, 0) is 43.9 Å². The Morgan fingerprint density at radius 1 is 1.11 bits per heavy atom. The molecule has 0 radical (unpaired) electrons. The van der Waals surface area contributed by atoms with E-state index in [0.717, 1.165) is 41.7 Å². The van der Waals surface area contributed by atoms with Crippen LogP contribution < -0.4 is 5.56 Å². The smallest absolute Gasteiger partial charge is 0.272 e. The van der Waals surface area contributed by atoms with Gasteiger partial charge in [-0.1, -0.05) is 48.5 Å². The molecule has 2 aromatic heterocycles. The van der Waals surface area contributed by atoms with Crippen LogP contribution in [0.25, 0.3) is 10.8 Å². The molecule has 178 valence electrons. The molecule has 1 saturated heterocycles. The first-order chi connectivity index (χ1) is 17.0. The summed E-state index contributed by atoms with van der Waals surface area (Å²) in [4.78, 5) is 37.0. The van der Waals surface area contributed by atoms with Crippen molar-refractivity contribution in [2.24, 2.45) is 0 Å². The lowest BCUT2D eigenvalue weighted by Gasteiger charge is -2.34. The van der Waals surface area contributed by atoms with Crippen LogP contribution in [0.15, 0.2) is 65.6 Å².